The summed E-state index contributed by atoms with van der Waals surface area (Å²) in [6.07, 6.45) is 1.67. The van der Waals surface area contributed by atoms with Crippen molar-refractivity contribution in [3.05, 3.63) is 65.3 Å². The van der Waals surface area contributed by atoms with Crippen molar-refractivity contribution in [3.8, 4) is 0 Å². The van der Waals surface area contributed by atoms with Crippen molar-refractivity contribution in [1.82, 2.24) is 4.98 Å². The number of carbonyl (C=O) groups excluding carboxylic acids is 2. The van der Waals surface area contributed by atoms with E-state index in [4.69, 9.17) is 0 Å². The van der Waals surface area contributed by atoms with E-state index < -0.39 is 0 Å². The minimum absolute atomic E-state index is 0.0858. The third-order valence-corrected chi connectivity index (χ3v) is 4.19. The number of aromatic nitrogens is 1. The van der Waals surface area contributed by atoms with Crippen LogP contribution in [0.1, 0.15) is 6.92 Å². The van der Waals surface area contributed by atoms with Crippen LogP contribution in [0.5, 0.6) is 0 Å². The van der Waals surface area contributed by atoms with Crippen LogP contribution >= 0.6 is 15.9 Å². The van der Waals surface area contributed by atoms with Crippen LogP contribution in [0.3, 0.4) is 0 Å². The molecule has 3 rings (SSSR count). The van der Waals surface area contributed by atoms with Gasteiger partial charge in [0.05, 0.1) is 11.2 Å². The number of carbonyl (C=O) groups is 2. The van der Waals surface area contributed by atoms with Crippen LogP contribution in [-0.4, -0.2) is 23.3 Å². The maximum atomic E-state index is 12.4. The topological polar surface area (TPSA) is 62.3 Å². The molecule has 0 aliphatic carbocycles. The van der Waals surface area contributed by atoms with Gasteiger partial charge in [-0.1, -0.05) is 40.2 Å². The molecule has 0 aliphatic rings. The van der Waals surface area contributed by atoms with Gasteiger partial charge in [0.25, 0.3) is 0 Å². The second-order valence-electron chi connectivity index (χ2n) is 5.52. The van der Waals surface area contributed by atoms with Crippen molar-refractivity contribution in [2.75, 3.05) is 16.8 Å². The number of hydrogen-bond acceptors (Lipinski definition) is 3. The van der Waals surface area contributed by atoms with Gasteiger partial charge < -0.3 is 10.2 Å². The minimum Gasteiger partial charge on any atom is -0.324 e. The van der Waals surface area contributed by atoms with Crippen LogP contribution in [0, 0.1) is 0 Å². The van der Waals surface area contributed by atoms with Gasteiger partial charge in [0.15, 0.2) is 0 Å². The lowest BCUT2D eigenvalue weighted by molar-refractivity contribution is -0.120. The smallest absolute Gasteiger partial charge is 0.244 e. The fraction of sp³-hybridized carbons (Fsp3) is 0.105. The van der Waals surface area contributed by atoms with E-state index in [0.717, 1.165) is 9.86 Å². The summed E-state index contributed by atoms with van der Waals surface area (Å²) in [7, 11) is 0. The van der Waals surface area contributed by atoms with Crippen molar-refractivity contribution < 1.29 is 9.59 Å². The van der Waals surface area contributed by atoms with Crippen molar-refractivity contribution in [3.63, 3.8) is 0 Å². The number of nitrogens with zero attached hydrogens (tertiary/aromatic N) is 2. The molecule has 3 aromatic rings. The Morgan fingerprint density at radius 1 is 1.12 bits per heavy atom. The Kier molecular flexibility index (Phi) is 5.09. The van der Waals surface area contributed by atoms with E-state index in [0.29, 0.717) is 16.9 Å². The van der Waals surface area contributed by atoms with Crippen LogP contribution in [0.2, 0.25) is 0 Å². The first-order valence-corrected chi connectivity index (χ1v) is 8.51. The Hall–Kier alpha value is -2.73. The largest absolute Gasteiger partial charge is 0.324 e. The molecular formula is C19H16BrN3O2. The van der Waals surface area contributed by atoms with Gasteiger partial charge in [-0.25, -0.2) is 0 Å². The molecule has 2 aromatic carbocycles. The van der Waals surface area contributed by atoms with Crippen molar-refractivity contribution in [2.45, 2.75) is 6.92 Å². The molecule has 1 aromatic heterocycles. The predicted octanol–water partition coefficient (Wildman–Crippen LogP) is 3.99. The van der Waals surface area contributed by atoms with Gasteiger partial charge in [-0.15, -0.1) is 0 Å². The molecule has 0 saturated carbocycles. The monoisotopic (exact) mass is 397 g/mol. The van der Waals surface area contributed by atoms with Gasteiger partial charge in [-0.05, 0) is 30.3 Å². The first kappa shape index (κ1) is 17.1. The molecule has 0 unspecified atom stereocenters. The van der Waals surface area contributed by atoms with Crippen LogP contribution in [-0.2, 0) is 9.59 Å². The number of hydrogen-bond donors (Lipinski definition) is 1. The van der Waals surface area contributed by atoms with Gasteiger partial charge in [-0.3, -0.25) is 14.6 Å². The average Bonchev–Trinajstić information content (AvgIpc) is 2.59. The highest BCUT2D eigenvalue weighted by Crippen LogP contribution is 2.25. The Morgan fingerprint density at radius 3 is 2.64 bits per heavy atom. The highest BCUT2D eigenvalue weighted by atomic mass is 79.9. The normalized spacial score (nSPS) is 10.5. The van der Waals surface area contributed by atoms with E-state index in [1.165, 1.54) is 11.8 Å². The third-order valence-electron chi connectivity index (χ3n) is 3.69. The number of nitrogens with one attached hydrogen (secondary N) is 1. The lowest BCUT2D eigenvalue weighted by Crippen LogP contribution is -2.36. The quantitative estimate of drug-likeness (QED) is 0.723. The first-order valence-electron chi connectivity index (χ1n) is 7.72. The van der Waals surface area contributed by atoms with E-state index in [1.54, 1.807) is 24.4 Å². The molecule has 1 N–H and O–H groups in total. The van der Waals surface area contributed by atoms with Gasteiger partial charge >= 0.3 is 0 Å². The summed E-state index contributed by atoms with van der Waals surface area (Å²) in [5, 5.41) is 3.72. The zero-order chi connectivity index (χ0) is 17.8. The molecule has 126 valence electrons. The highest BCUT2D eigenvalue weighted by Gasteiger charge is 2.18. The predicted molar refractivity (Wildman–Crippen MR) is 103 cm³/mol. The van der Waals surface area contributed by atoms with E-state index in [2.05, 4.69) is 26.2 Å². The molecule has 0 spiro atoms. The lowest BCUT2D eigenvalue weighted by Gasteiger charge is -2.22. The summed E-state index contributed by atoms with van der Waals surface area (Å²) in [5.74, 6) is -0.497. The fourth-order valence-corrected chi connectivity index (χ4v) is 2.98. The van der Waals surface area contributed by atoms with Crippen LogP contribution in [0.15, 0.2) is 65.3 Å². The zero-order valence-corrected chi connectivity index (χ0v) is 15.2. The van der Waals surface area contributed by atoms with Crippen LogP contribution in [0.4, 0.5) is 11.4 Å². The molecule has 5 nitrogen and oxygen atoms in total. The summed E-state index contributed by atoms with van der Waals surface area (Å²) in [6.45, 7) is 1.35. The standard InChI is InChI=1S/C19H16BrN3O2/c1-13(24)23(12-18(25)22-16-8-3-7-15(20)11-16)17-9-2-5-14-6-4-10-21-19(14)17/h2-11H,12H2,1H3,(H,22,25). The number of anilines is 2. The van der Waals surface area contributed by atoms with Gasteiger partial charge in [0, 0.05) is 28.7 Å². The summed E-state index contributed by atoms with van der Waals surface area (Å²) in [6, 6.07) is 16.6. The number of amides is 2. The maximum absolute atomic E-state index is 12.4. The van der Waals surface area contributed by atoms with Crippen molar-refractivity contribution in [2.24, 2.45) is 0 Å². The van der Waals surface area contributed by atoms with E-state index in [1.807, 2.05) is 36.4 Å². The van der Waals surface area contributed by atoms with E-state index in [9.17, 15) is 9.59 Å². The van der Waals surface area contributed by atoms with Crippen LogP contribution in [0.25, 0.3) is 10.9 Å². The number of benzene rings is 2. The summed E-state index contributed by atoms with van der Waals surface area (Å²) >= 11 is 3.37. The van der Waals surface area contributed by atoms with Crippen molar-refractivity contribution in [1.29, 1.82) is 0 Å². The zero-order valence-electron chi connectivity index (χ0n) is 13.6. The summed E-state index contributed by atoms with van der Waals surface area (Å²) in [5.41, 5.74) is 1.98. The Morgan fingerprint density at radius 2 is 1.88 bits per heavy atom. The molecule has 0 saturated heterocycles. The Labute approximate surface area is 153 Å². The van der Waals surface area contributed by atoms with Gasteiger partial charge in [0.2, 0.25) is 11.8 Å². The SMILES string of the molecule is CC(=O)N(CC(=O)Nc1cccc(Br)c1)c1cccc2cccnc12. The molecule has 0 aliphatic heterocycles. The summed E-state index contributed by atoms with van der Waals surface area (Å²) in [4.78, 5) is 30.3. The minimum atomic E-state index is -0.277. The molecular weight excluding hydrogens is 382 g/mol. The van der Waals surface area contributed by atoms with Gasteiger partial charge in [0.1, 0.15) is 6.54 Å². The molecule has 25 heavy (non-hydrogen) atoms. The lowest BCUT2D eigenvalue weighted by atomic mass is 10.1. The molecule has 0 atom stereocenters. The molecule has 0 radical (unpaired) electrons. The number of rotatable bonds is 4. The maximum Gasteiger partial charge on any atom is 0.244 e. The molecule has 0 fully saturated rings. The first-order chi connectivity index (χ1) is 12.0. The molecule has 1 heterocycles. The second kappa shape index (κ2) is 7.44. The summed E-state index contributed by atoms with van der Waals surface area (Å²) < 4.78 is 0.868. The highest BCUT2D eigenvalue weighted by molar-refractivity contribution is 9.10. The third kappa shape index (κ3) is 4.03. The van der Waals surface area contributed by atoms with Crippen molar-refractivity contribution >= 4 is 50.0 Å². The van der Waals surface area contributed by atoms with E-state index >= 15 is 0 Å². The Balaban J connectivity index is 1.86. The number of pyridine rings is 1. The number of halogens is 1. The molecule has 0 bridgehead atoms. The number of fused-ring (bicyclic) bond motifs is 1. The molecule has 2 amide bonds. The number of para-hydroxylation sites is 1. The van der Waals surface area contributed by atoms with Crippen LogP contribution < -0.4 is 10.2 Å². The Bertz CT molecular complexity index is 937. The average molecular weight is 398 g/mol. The molecule has 6 heteroatoms. The van der Waals surface area contributed by atoms with Gasteiger partial charge in [-0.2, -0.15) is 0 Å². The fourth-order valence-electron chi connectivity index (χ4n) is 2.58. The van der Waals surface area contributed by atoms with E-state index in [-0.39, 0.29) is 18.4 Å². The second-order valence-corrected chi connectivity index (χ2v) is 6.43.